The van der Waals surface area contributed by atoms with E-state index in [1.807, 2.05) is 12.1 Å². The van der Waals surface area contributed by atoms with E-state index in [4.69, 9.17) is 9.47 Å². The highest BCUT2D eigenvalue weighted by Crippen LogP contribution is 2.31. The number of aliphatic carboxylic acids is 1. The van der Waals surface area contributed by atoms with Crippen LogP contribution >= 0.6 is 11.3 Å². The second kappa shape index (κ2) is 6.52. The van der Waals surface area contributed by atoms with Crippen LogP contribution in [0.5, 0.6) is 0 Å². The van der Waals surface area contributed by atoms with Gasteiger partial charge in [0, 0.05) is 13.8 Å². The molecule has 0 spiro atoms. The lowest BCUT2D eigenvalue weighted by Gasteiger charge is -2.21. The van der Waals surface area contributed by atoms with E-state index >= 15 is 0 Å². The number of benzene rings is 1. The van der Waals surface area contributed by atoms with Gasteiger partial charge in [-0.1, -0.05) is 12.1 Å². The Morgan fingerprint density at radius 1 is 1.14 bits per heavy atom. The Bertz CT molecular complexity index is 692. The molecule has 1 N–H and O–H groups in total. The van der Waals surface area contributed by atoms with E-state index in [9.17, 15) is 19.5 Å². The van der Waals surface area contributed by atoms with Crippen LogP contribution in [0.1, 0.15) is 25.0 Å². The van der Waals surface area contributed by atoms with Gasteiger partial charge in [0.05, 0.1) is 10.2 Å². The van der Waals surface area contributed by atoms with Crippen molar-refractivity contribution in [2.45, 2.75) is 26.1 Å². The number of para-hydroxylation sites is 1. The van der Waals surface area contributed by atoms with Gasteiger partial charge in [-0.3, -0.25) is 9.59 Å². The SMILES string of the molecule is CC(=O)O[C@H](C(=O)O)[C@H](OC(C)=O)c1nc2ccccc2s1. The Balaban J connectivity index is 2.45. The number of ether oxygens (including phenoxy) is 2. The lowest BCUT2D eigenvalue weighted by molar-refractivity contribution is -0.178. The van der Waals surface area contributed by atoms with Gasteiger partial charge >= 0.3 is 17.9 Å². The molecule has 1 aromatic heterocycles. The lowest BCUT2D eigenvalue weighted by Crippen LogP contribution is -2.34. The molecule has 0 unspecified atom stereocenters. The minimum absolute atomic E-state index is 0.255. The van der Waals surface area contributed by atoms with Gasteiger partial charge in [0.15, 0.2) is 0 Å². The van der Waals surface area contributed by atoms with Gasteiger partial charge in [-0.2, -0.15) is 0 Å². The number of esters is 2. The first-order valence-electron chi connectivity index (χ1n) is 6.31. The topological polar surface area (TPSA) is 103 Å². The fourth-order valence-electron chi connectivity index (χ4n) is 1.85. The number of hydrogen-bond donors (Lipinski definition) is 1. The third-order valence-corrected chi connectivity index (χ3v) is 3.76. The quantitative estimate of drug-likeness (QED) is 0.838. The summed E-state index contributed by atoms with van der Waals surface area (Å²) in [5, 5.41) is 9.50. The molecule has 2 rings (SSSR count). The van der Waals surface area contributed by atoms with Crippen LogP contribution in [0.4, 0.5) is 0 Å². The molecule has 0 saturated heterocycles. The molecule has 22 heavy (non-hydrogen) atoms. The Kier molecular flexibility index (Phi) is 4.71. The van der Waals surface area contributed by atoms with Gasteiger partial charge in [0.2, 0.25) is 12.2 Å². The average molecular weight is 323 g/mol. The van der Waals surface area contributed by atoms with E-state index < -0.39 is 30.1 Å². The summed E-state index contributed by atoms with van der Waals surface area (Å²) in [5.41, 5.74) is 0.645. The minimum atomic E-state index is -1.65. The van der Waals surface area contributed by atoms with Crippen molar-refractivity contribution in [3.63, 3.8) is 0 Å². The van der Waals surface area contributed by atoms with E-state index in [-0.39, 0.29) is 5.01 Å². The van der Waals surface area contributed by atoms with E-state index in [1.54, 1.807) is 12.1 Å². The maximum atomic E-state index is 11.4. The van der Waals surface area contributed by atoms with E-state index in [1.165, 1.54) is 11.3 Å². The van der Waals surface area contributed by atoms with Crippen molar-refractivity contribution < 1.29 is 29.0 Å². The molecule has 0 aliphatic carbocycles. The van der Waals surface area contributed by atoms with Gasteiger partial charge in [-0.05, 0) is 12.1 Å². The zero-order valence-electron chi connectivity index (χ0n) is 11.8. The number of carbonyl (C=O) groups excluding carboxylic acids is 2. The van der Waals surface area contributed by atoms with Gasteiger partial charge < -0.3 is 14.6 Å². The van der Waals surface area contributed by atoms with Crippen molar-refractivity contribution in [3.05, 3.63) is 29.3 Å². The van der Waals surface area contributed by atoms with E-state index in [0.29, 0.717) is 5.52 Å². The van der Waals surface area contributed by atoms with Crippen LogP contribution in [0.15, 0.2) is 24.3 Å². The summed E-state index contributed by atoms with van der Waals surface area (Å²) in [7, 11) is 0. The molecule has 0 aliphatic rings. The number of carboxylic acid groups (broad SMARTS) is 1. The zero-order valence-corrected chi connectivity index (χ0v) is 12.6. The fraction of sp³-hybridized carbons (Fsp3) is 0.286. The Hall–Kier alpha value is -2.48. The van der Waals surface area contributed by atoms with Crippen molar-refractivity contribution in [2.24, 2.45) is 0 Å². The predicted molar refractivity (Wildman–Crippen MR) is 77.3 cm³/mol. The molecule has 0 amide bonds. The van der Waals surface area contributed by atoms with Crippen LogP contribution in [0.25, 0.3) is 10.2 Å². The van der Waals surface area contributed by atoms with Crippen LogP contribution in [0.2, 0.25) is 0 Å². The van der Waals surface area contributed by atoms with Crippen molar-refractivity contribution >= 4 is 39.5 Å². The highest BCUT2D eigenvalue weighted by Gasteiger charge is 2.37. The highest BCUT2D eigenvalue weighted by atomic mass is 32.1. The molecule has 1 heterocycles. The maximum absolute atomic E-state index is 11.4. The van der Waals surface area contributed by atoms with Crippen molar-refractivity contribution in [2.75, 3.05) is 0 Å². The molecular weight excluding hydrogens is 310 g/mol. The molecule has 1 aromatic carbocycles. The smallest absolute Gasteiger partial charge is 0.349 e. The van der Waals surface area contributed by atoms with Crippen LogP contribution in [-0.2, 0) is 23.9 Å². The summed E-state index contributed by atoms with van der Waals surface area (Å²) in [6, 6.07) is 7.16. The third kappa shape index (κ3) is 3.59. The van der Waals surface area contributed by atoms with Crippen molar-refractivity contribution in [3.8, 4) is 0 Å². The fourth-order valence-corrected chi connectivity index (χ4v) is 2.87. The molecule has 0 aliphatic heterocycles. The van der Waals surface area contributed by atoms with Crippen LogP contribution in [-0.4, -0.2) is 34.1 Å². The number of fused-ring (bicyclic) bond motifs is 1. The van der Waals surface area contributed by atoms with Crippen LogP contribution in [0, 0.1) is 0 Å². The first-order valence-corrected chi connectivity index (χ1v) is 7.13. The molecular formula is C14H13NO6S. The number of nitrogens with zero attached hydrogens (tertiary/aromatic N) is 1. The zero-order chi connectivity index (χ0) is 16.3. The minimum Gasteiger partial charge on any atom is -0.478 e. The summed E-state index contributed by atoms with van der Waals surface area (Å²) in [4.78, 5) is 38.0. The summed E-state index contributed by atoms with van der Waals surface area (Å²) >= 11 is 1.18. The second-order valence-electron chi connectivity index (χ2n) is 4.42. The highest BCUT2D eigenvalue weighted by molar-refractivity contribution is 7.18. The van der Waals surface area contributed by atoms with Crippen molar-refractivity contribution in [1.29, 1.82) is 0 Å². The van der Waals surface area contributed by atoms with Crippen molar-refractivity contribution in [1.82, 2.24) is 4.98 Å². The van der Waals surface area contributed by atoms with Gasteiger partial charge in [0.1, 0.15) is 5.01 Å². The first kappa shape index (κ1) is 15.9. The monoisotopic (exact) mass is 323 g/mol. The summed E-state index contributed by atoms with van der Waals surface area (Å²) in [6.45, 7) is 2.23. The molecule has 0 fully saturated rings. The van der Waals surface area contributed by atoms with Crippen LogP contribution < -0.4 is 0 Å². The lowest BCUT2D eigenvalue weighted by atomic mass is 10.2. The third-order valence-electron chi connectivity index (χ3n) is 2.66. The Morgan fingerprint density at radius 3 is 2.32 bits per heavy atom. The number of hydrogen-bond acceptors (Lipinski definition) is 7. The summed E-state index contributed by atoms with van der Waals surface area (Å²) in [6.07, 6.45) is -2.95. The maximum Gasteiger partial charge on any atom is 0.349 e. The number of rotatable bonds is 5. The van der Waals surface area contributed by atoms with Gasteiger partial charge in [-0.25, -0.2) is 9.78 Å². The van der Waals surface area contributed by atoms with Gasteiger partial charge in [0.25, 0.3) is 0 Å². The molecule has 2 aromatic rings. The van der Waals surface area contributed by atoms with E-state index in [0.717, 1.165) is 18.5 Å². The second-order valence-corrected chi connectivity index (χ2v) is 5.48. The molecule has 0 radical (unpaired) electrons. The summed E-state index contributed by atoms with van der Waals surface area (Å²) in [5.74, 6) is -2.89. The predicted octanol–water partition coefficient (Wildman–Crippen LogP) is 1.92. The number of carbonyl (C=O) groups is 3. The largest absolute Gasteiger partial charge is 0.478 e. The standard InChI is InChI=1S/C14H13NO6S/c1-7(16)20-11(12(14(18)19)21-8(2)17)13-15-9-5-3-4-6-10(9)22-13/h3-6,11-12H,1-2H3,(H,18,19)/t11-,12-/m0/s1. The normalized spacial score (nSPS) is 13.4. The molecule has 116 valence electrons. The van der Waals surface area contributed by atoms with E-state index in [2.05, 4.69) is 4.98 Å². The number of thiazole rings is 1. The molecule has 0 saturated carbocycles. The first-order chi connectivity index (χ1) is 10.4. The molecule has 7 nitrogen and oxygen atoms in total. The Morgan fingerprint density at radius 2 is 1.77 bits per heavy atom. The number of aromatic nitrogens is 1. The molecule has 8 heteroatoms. The molecule has 2 atom stereocenters. The molecule has 0 bridgehead atoms. The number of carboxylic acids is 1. The van der Waals surface area contributed by atoms with Crippen LogP contribution in [0.3, 0.4) is 0 Å². The Labute approximate surface area is 129 Å². The van der Waals surface area contributed by atoms with Gasteiger partial charge in [-0.15, -0.1) is 11.3 Å². The average Bonchev–Trinajstić information content (AvgIpc) is 2.85. The summed E-state index contributed by atoms with van der Waals surface area (Å²) < 4.78 is 10.6.